The summed E-state index contributed by atoms with van der Waals surface area (Å²) in [6.07, 6.45) is 12.6. The van der Waals surface area contributed by atoms with Crippen LogP contribution in [0.15, 0.2) is 61.2 Å². The number of hydrogen-bond donors (Lipinski definition) is 2. The molecule has 3 aromatic heterocycles. The minimum Gasteiger partial charge on any atom is -0.443 e. The Morgan fingerprint density at radius 1 is 0.740 bits per heavy atom. The Morgan fingerprint density at radius 2 is 1.26 bits per heavy atom. The lowest BCUT2D eigenvalue weighted by atomic mass is 9.96. The zero-order chi connectivity index (χ0) is 35.2. The van der Waals surface area contributed by atoms with E-state index >= 15 is 0 Å². The van der Waals surface area contributed by atoms with Gasteiger partial charge in [0.15, 0.2) is 0 Å². The first-order chi connectivity index (χ1) is 24.2. The van der Waals surface area contributed by atoms with Gasteiger partial charge in [0.1, 0.15) is 24.6 Å². The quantitative estimate of drug-likeness (QED) is 0.198. The summed E-state index contributed by atoms with van der Waals surface area (Å²) in [5.74, 6) is 0. The van der Waals surface area contributed by atoms with E-state index in [-0.39, 0.29) is 37.9 Å². The summed E-state index contributed by atoms with van der Waals surface area (Å²) < 4.78 is 51.8. The Bertz CT molecular complexity index is 1640. The monoisotopic (exact) mass is 697 g/mol. The van der Waals surface area contributed by atoms with Crippen molar-refractivity contribution >= 4 is 12.2 Å². The minimum atomic E-state index is -4.39. The van der Waals surface area contributed by atoms with Gasteiger partial charge in [-0.25, -0.2) is 19.0 Å². The third-order valence-corrected chi connectivity index (χ3v) is 8.40. The van der Waals surface area contributed by atoms with Crippen molar-refractivity contribution in [1.82, 2.24) is 45.6 Å². The molecule has 268 valence electrons. The summed E-state index contributed by atoms with van der Waals surface area (Å²) >= 11 is 0. The highest BCUT2D eigenvalue weighted by Crippen LogP contribution is 2.29. The molecule has 2 fully saturated rings. The van der Waals surface area contributed by atoms with E-state index in [9.17, 15) is 22.8 Å². The Morgan fingerprint density at radius 3 is 1.76 bits per heavy atom. The van der Waals surface area contributed by atoms with Crippen LogP contribution in [0, 0.1) is 0 Å². The second kappa shape index (κ2) is 18.1. The van der Waals surface area contributed by atoms with E-state index in [0.29, 0.717) is 23.5 Å². The van der Waals surface area contributed by atoms with Crippen LogP contribution in [0.4, 0.5) is 22.8 Å². The van der Waals surface area contributed by atoms with Gasteiger partial charge in [0.05, 0.1) is 31.0 Å². The van der Waals surface area contributed by atoms with E-state index in [0.717, 1.165) is 56.2 Å². The van der Waals surface area contributed by atoms with Crippen LogP contribution in [0.5, 0.6) is 0 Å². The summed E-state index contributed by atoms with van der Waals surface area (Å²) in [5.41, 5.74) is 1.86. The van der Waals surface area contributed by atoms with Gasteiger partial charge in [0.2, 0.25) is 0 Å². The van der Waals surface area contributed by atoms with Gasteiger partial charge >= 0.3 is 18.4 Å². The summed E-state index contributed by atoms with van der Waals surface area (Å²) in [4.78, 5) is 27.7. The molecule has 3 heterocycles. The smallest absolute Gasteiger partial charge is 0.416 e. The lowest BCUT2D eigenvalue weighted by molar-refractivity contribution is -0.137. The molecule has 0 atom stereocenters. The lowest BCUT2D eigenvalue weighted by Crippen LogP contribution is -2.36. The second-order valence-corrected chi connectivity index (χ2v) is 12.5. The van der Waals surface area contributed by atoms with Gasteiger partial charge in [0, 0.05) is 24.5 Å². The number of carbonyl (C=O) groups excluding carboxylic acids is 2. The molecule has 1 aromatic carbocycles. The topological polar surface area (TPSA) is 151 Å². The van der Waals surface area contributed by atoms with Gasteiger partial charge < -0.3 is 20.1 Å². The van der Waals surface area contributed by atoms with Crippen molar-refractivity contribution in [2.24, 2.45) is 0 Å². The predicted octanol–water partition coefficient (Wildman–Crippen LogP) is 6.18. The molecule has 2 N–H and O–H groups in total. The zero-order valence-corrected chi connectivity index (χ0v) is 27.7. The molecule has 0 unspecified atom stereocenters. The van der Waals surface area contributed by atoms with E-state index in [1.807, 2.05) is 12.1 Å². The van der Waals surface area contributed by atoms with Crippen molar-refractivity contribution in [3.8, 4) is 0 Å². The van der Waals surface area contributed by atoms with Gasteiger partial charge in [-0.05, 0) is 55.0 Å². The first-order valence-electron chi connectivity index (χ1n) is 16.9. The number of hydrogen-bond acceptors (Lipinski definition) is 9. The number of nitrogens with zero attached hydrogens (tertiary/aromatic N) is 7. The fraction of sp³-hybridized carbons (Fsp3) is 0.500. The maximum absolute atomic E-state index is 12.8. The third kappa shape index (κ3) is 12.1. The molecule has 0 aliphatic heterocycles. The van der Waals surface area contributed by atoms with E-state index in [4.69, 9.17) is 9.47 Å². The maximum atomic E-state index is 12.8. The second-order valence-electron chi connectivity index (χ2n) is 12.5. The summed E-state index contributed by atoms with van der Waals surface area (Å²) in [5, 5.41) is 21.6. The Hall–Kier alpha value is -5.02. The van der Waals surface area contributed by atoms with Crippen LogP contribution in [0.2, 0.25) is 0 Å². The van der Waals surface area contributed by atoms with Crippen LogP contribution >= 0.6 is 0 Å². The molecule has 2 saturated carbocycles. The number of alkyl halides is 3. The van der Waals surface area contributed by atoms with Gasteiger partial charge in [-0.3, -0.25) is 4.98 Å². The molecule has 2 aliphatic rings. The summed E-state index contributed by atoms with van der Waals surface area (Å²) in [7, 11) is 0. The maximum Gasteiger partial charge on any atom is 0.416 e. The van der Waals surface area contributed by atoms with E-state index < -0.39 is 17.8 Å². The first kappa shape index (κ1) is 36.3. The number of halogens is 3. The van der Waals surface area contributed by atoms with Crippen LogP contribution in [-0.2, 0) is 42.0 Å². The average molecular weight is 698 g/mol. The van der Waals surface area contributed by atoms with Crippen LogP contribution in [0.25, 0.3) is 0 Å². The van der Waals surface area contributed by atoms with Crippen molar-refractivity contribution < 1.29 is 32.2 Å². The van der Waals surface area contributed by atoms with Gasteiger partial charge in [-0.1, -0.05) is 67.2 Å². The molecule has 0 bridgehead atoms. The highest BCUT2D eigenvalue weighted by molar-refractivity contribution is 5.67. The molecule has 4 aromatic rings. The highest BCUT2D eigenvalue weighted by Gasteiger charge is 2.30. The zero-order valence-electron chi connectivity index (χ0n) is 27.7. The highest BCUT2D eigenvalue weighted by atomic mass is 19.4. The number of pyridine rings is 1. The normalized spacial score (nSPS) is 15.4. The standard InChI is InChI=1S/C18H21F3N4O2.C16H21N5O2/c19-18(20,21)14-6-4-5-13(9-14)10-25-11-16(23-24-25)12-27-17(26)22-15-7-2-1-3-8-15;22-16(18-14-6-2-1-3-7-14)23-12-15-11-21(20-19-15)10-13-5-4-8-17-9-13/h4-6,9,11,15H,1-3,7-8,10,12H2,(H,22,26);4-5,8-9,11,14H,1-3,6-7,10,12H2,(H,18,22). The van der Waals surface area contributed by atoms with Gasteiger partial charge in [-0.15, -0.1) is 10.2 Å². The summed E-state index contributed by atoms with van der Waals surface area (Å²) in [6.45, 7) is 0.826. The number of nitrogens with one attached hydrogen (secondary N) is 2. The average Bonchev–Trinajstić information content (AvgIpc) is 3.77. The lowest BCUT2D eigenvalue weighted by Gasteiger charge is -2.22. The largest absolute Gasteiger partial charge is 0.443 e. The molecule has 50 heavy (non-hydrogen) atoms. The number of benzene rings is 1. The van der Waals surface area contributed by atoms with Crippen LogP contribution < -0.4 is 10.6 Å². The number of carbonyl (C=O) groups is 2. The van der Waals surface area contributed by atoms with Crippen LogP contribution in [-0.4, -0.2) is 59.2 Å². The Kier molecular flexibility index (Phi) is 13.1. The number of ether oxygens (including phenoxy) is 2. The SMILES string of the molecule is O=C(NC1CCCCC1)OCc1cn(Cc2cccc(C(F)(F)F)c2)nn1.O=C(NC1CCCCC1)OCc1cn(Cc2cccnc2)nn1. The van der Waals surface area contributed by atoms with Gasteiger partial charge in [-0.2, -0.15) is 13.2 Å². The van der Waals surface area contributed by atoms with E-state index in [2.05, 4.69) is 36.2 Å². The molecule has 0 saturated heterocycles. The molecular formula is C34H42F3N9O4. The van der Waals surface area contributed by atoms with Crippen LogP contribution in [0.3, 0.4) is 0 Å². The molecule has 6 rings (SSSR count). The molecule has 2 aliphatic carbocycles. The number of rotatable bonds is 10. The molecule has 2 amide bonds. The van der Waals surface area contributed by atoms with Crippen molar-refractivity contribution in [3.63, 3.8) is 0 Å². The molecule has 0 radical (unpaired) electrons. The molecule has 13 nitrogen and oxygen atoms in total. The van der Waals surface area contributed by atoms with E-state index in [1.54, 1.807) is 35.5 Å². The van der Waals surface area contributed by atoms with Crippen molar-refractivity contribution in [1.29, 1.82) is 0 Å². The minimum absolute atomic E-state index is 0.0405. The Labute approximate surface area is 287 Å². The third-order valence-electron chi connectivity index (χ3n) is 8.40. The Balaban J connectivity index is 0.000000197. The fourth-order valence-corrected chi connectivity index (χ4v) is 5.87. The van der Waals surface area contributed by atoms with Crippen molar-refractivity contribution in [2.45, 2.75) is 109 Å². The van der Waals surface area contributed by atoms with Crippen molar-refractivity contribution in [2.75, 3.05) is 0 Å². The molecular weight excluding hydrogens is 655 g/mol. The number of aromatic nitrogens is 7. The first-order valence-corrected chi connectivity index (χ1v) is 16.9. The summed E-state index contributed by atoms with van der Waals surface area (Å²) in [6, 6.07) is 9.30. The van der Waals surface area contributed by atoms with Crippen molar-refractivity contribution in [3.05, 3.63) is 89.3 Å². The fourth-order valence-electron chi connectivity index (χ4n) is 5.87. The van der Waals surface area contributed by atoms with Gasteiger partial charge in [0.25, 0.3) is 0 Å². The van der Waals surface area contributed by atoms with E-state index in [1.165, 1.54) is 36.4 Å². The molecule has 0 spiro atoms. The molecule has 16 heteroatoms. The predicted molar refractivity (Wildman–Crippen MR) is 174 cm³/mol. The van der Waals surface area contributed by atoms with Crippen LogP contribution in [0.1, 0.15) is 92.3 Å². The number of amides is 2. The number of alkyl carbamates (subject to hydrolysis) is 2.